The van der Waals surface area contributed by atoms with Crippen LogP contribution in [0.25, 0.3) is 0 Å². The van der Waals surface area contributed by atoms with Gasteiger partial charge in [0.1, 0.15) is 4.88 Å². The average Bonchev–Trinajstić information content (AvgIpc) is 3.25. The van der Waals surface area contributed by atoms with Gasteiger partial charge in [0, 0.05) is 25.7 Å². The fraction of sp³-hybridized carbons (Fsp3) is 0.474. The lowest BCUT2D eigenvalue weighted by Crippen LogP contribution is -2.12. The molecule has 0 radical (unpaired) electrons. The van der Waals surface area contributed by atoms with Crippen LogP contribution >= 0.6 is 11.3 Å². The lowest BCUT2D eigenvalue weighted by atomic mass is 9.85. The van der Waals surface area contributed by atoms with Gasteiger partial charge in [0.2, 0.25) is 0 Å². The van der Waals surface area contributed by atoms with Crippen LogP contribution in [0.2, 0.25) is 0 Å². The SMILES string of the molecule is CCC(C)(C#Cc1cc(N(C)c2cnn(C)c2)c(C(=O)OC)s1)CC. The molecule has 0 fully saturated rings. The van der Waals surface area contributed by atoms with E-state index < -0.39 is 0 Å². The Morgan fingerprint density at radius 2 is 2.12 bits per heavy atom. The van der Waals surface area contributed by atoms with E-state index >= 15 is 0 Å². The van der Waals surface area contributed by atoms with E-state index in [4.69, 9.17) is 4.74 Å². The zero-order valence-corrected chi connectivity index (χ0v) is 16.5. The van der Waals surface area contributed by atoms with E-state index in [-0.39, 0.29) is 11.4 Å². The molecule has 6 heteroatoms. The van der Waals surface area contributed by atoms with E-state index in [1.807, 2.05) is 31.3 Å². The van der Waals surface area contributed by atoms with Crippen LogP contribution in [0.3, 0.4) is 0 Å². The molecule has 0 N–H and O–H groups in total. The van der Waals surface area contributed by atoms with Crippen LogP contribution in [-0.4, -0.2) is 29.9 Å². The van der Waals surface area contributed by atoms with Crippen LogP contribution in [0.1, 0.15) is 48.2 Å². The molecule has 0 saturated heterocycles. The molecule has 2 heterocycles. The van der Waals surface area contributed by atoms with Gasteiger partial charge in [0.05, 0.1) is 29.6 Å². The molecule has 0 aliphatic heterocycles. The summed E-state index contributed by atoms with van der Waals surface area (Å²) in [5.41, 5.74) is 1.67. The summed E-state index contributed by atoms with van der Waals surface area (Å²) in [4.78, 5) is 15.5. The number of nitrogens with zero attached hydrogens (tertiary/aromatic N) is 3. The smallest absolute Gasteiger partial charge is 0.350 e. The highest BCUT2D eigenvalue weighted by Crippen LogP contribution is 2.34. The summed E-state index contributed by atoms with van der Waals surface area (Å²) in [5, 5.41) is 4.19. The summed E-state index contributed by atoms with van der Waals surface area (Å²) in [5.74, 6) is 6.27. The molecule has 0 amide bonds. The summed E-state index contributed by atoms with van der Waals surface area (Å²) < 4.78 is 6.67. The first-order chi connectivity index (χ1) is 11.8. The molecular formula is C19H25N3O2S. The fourth-order valence-electron chi connectivity index (χ4n) is 2.29. The van der Waals surface area contributed by atoms with E-state index in [1.54, 1.807) is 10.9 Å². The molecule has 0 unspecified atom stereocenters. The second-order valence-electron chi connectivity index (χ2n) is 6.27. The maximum absolute atomic E-state index is 12.2. The Morgan fingerprint density at radius 1 is 1.44 bits per heavy atom. The number of esters is 1. The van der Waals surface area contributed by atoms with Crippen molar-refractivity contribution in [2.45, 2.75) is 33.6 Å². The van der Waals surface area contributed by atoms with Crippen LogP contribution in [0.5, 0.6) is 0 Å². The topological polar surface area (TPSA) is 47.4 Å². The monoisotopic (exact) mass is 359 g/mol. The van der Waals surface area contributed by atoms with Crippen molar-refractivity contribution in [3.05, 3.63) is 28.2 Å². The molecule has 2 aromatic heterocycles. The minimum Gasteiger partial charge on any atom is -0.465 e. The average molecular weight is 359 g/mol. The summed E-state index contributed by atoms with van der Waals surface area (Å²) in [6.07, 6.45) is 5.65. The Labute approximate surface area is 153 Å². The van der Waals surface area contributed by atoms with E-state index in [0.29, 0.717) is 4.88 Å². The summed E-state index contributed by atoms with van der Waals surface area (Å²) in [7, 11) is 5.16. The molecule has 0 spiro atoms. The largest absolute Gasteiger partial charge is 0.465 e. The molecule has 0 bridgehead atoms. The van der Waals surface area contributed by atoms with Gasteiger partial charge in [0.15, 0.2) is 0 Å². The zero-order valence-electron chi connectivity index (χ0n) is 15.7. The molecule has 5 nitrogen and oxygen atoms in total. The zero-order chi connectivity index (χ0) is 18.6. The predicted molar refractivity (Wildman–Crippen MR) is 102 cm³/mol. The number of aryl methyl sites for hydroxylation is 1. The van der Waals surface area contributed by atoms with Gasteiger partial charge in [-0.3, -0.25) is 4.68 Å². The van der Waals surface area contributed by atoms with Gasteiger partial charge in [-0.15, -0.1) is 11.3 Å². The summed E-state index contributed by atoms with van der Waals surface area (Å²) in [6.45, 7) is 6.46. The van der Waals surface area contributed by atoms with Crippen molar-refractivity contribution in [2.75, 3.05) is 19.1 Å². The molecule has 25 heavy (non-hydrogen) atoms. The minimum absolute atomic E-state index is 0.00909. The number of aromatic nitrogens is 2. The van der Waals surface area contributed by atoms with Crippen LogP contribution in [0, 0.1) is 17.3 Å². The van der Waals surface area contributed by atoms with Crippen LogP contribution < -0.4 is 4.90 Å². The van der Waals surface area contributed by atoms with Crippen LogP contribution in [0.15, 0.2) is 18.5 Å². The maximum atomic E-state index is 12.2. The molecule has 0 saturated carbocycles. The van der Waals surface area contributed by atoms with Gasteiger partial charge >= 0.3 is 5.97 Å². The Hall–Kier alpha value is -2.26. The molecular weight excluding hydrogens is 334 g/mol. The number of hydrogen-bond donors (Lipinski definition) is 0. The van der Waals surface area contributed by atoms with Crippen molar-refractivity contribution in [3.8, 4) is 11.8 Å². The Kier molecular flexibility index (Phi) is 5.91. The van der Waals surface area contributed by atoms with Gasteiger partial charge in [0.25, 0.3) is 0 Å². The van der Waals surface area contributed by atoms with Crippen LogP contribution in [-0.2, 0) is 11.8 Å². The summed E-state index contributed by atoms with van der Waals surface area (Å²) in [6, 6.07) is 1.95. The predicted octanol–water partition coefficient (Wildman–Crippen LogP) is 4.21. The van der Waals surface area contributed by atoms with E-state index in [9.17, 15) is 4.79 Å². The molecule has 0 aromatic carbocycles. The first-order valence-corrected chi connectivity index (χ1v) is 9.13. The summed E-state index contributed by atoms with van der Waals surface area (Å²) >= 11 is 1.37. The Morgan fingerprint density at radius 3 is 2.64 bits per heavy atom. The van der Waals surface area contributed by atoms with E-state index in [1.165, 1.54) is 18.4 Å². The molecule has 0 aliphatic rings. The van der Waals surface area contributed by atoms with Crippen molar-refractivity contribution in [1.29, 1.82) is 0 Å². The molecule has 0 aliphatic carbocycles. The minimum atomic E-state index is -0.350. The number of carbonyl (C=O) groups excluding carboxylic acids is 1. The highest BCUT2D eigenvalue weighted by molar-refractivity contribution is 7.15. The van der Waals surface area contributed by atoms with Gasteiger partial charge < -0.3 is 9.64 Å². The van der Waals surface area contributed by atoms with Gasteiger partial charge in [-0.05, 0) is 25.8 Å². The number of hydrogen-bond acceptors (Lipinski definition) is 5. The number of methoxy groups -OCH3 is 1. The van der Waals surface area contributed by atoms with E-state index in [2.05, 4.69) is 37.7 Å². The molecule has 2 aromatic rings. The van der Waals surface area contributed by atoms with Gasteiger partial charge in [-0.25, -0.2) is 4.79 Å². The fourth-order valence-corrected chi connectivity index (χ4v) is 3.25. The molecule has 134 valence electrons. The van der Waals surface area contributed by atoms with Crippen molar-refractivity contribution >= 4 is 28.7 Å². The number of ether oxygens (including phenoxy) is 1. The normalized spacial score (nSPS) is 11.0. The highest BCUT2D eigenvalue weighted by Gasteiger charge is 2.21. The van der Waals surface area contributed by atoms with Gasteiger partial charge in [-0.2, -0.15) is 5.10 Å². The first-order valence-electron chi connectivity index (χ1n) is 8.31. The third kappa shape index (κ3) is 4.23. The Bertz CT molecular complexity index is 806. The number of thiophene rings is 1. The molecule has 2 rings (SSSR count). The number of anilines is 2. The standard InChI is InChI=1S/C19H25N3O2S/c1-7-19(3,8-2)10-9-15-11-16(17(25-15)18(23)24-6)22(5)14-12-20-21(4)13-14/h11-13H,7-8H2,1-6H3. The number of carbonyl (C=O) groups is 1. The lowest BCUT2D eigenvalue weighted by molar-refractivity contribution is 0.0607. The van der Waals surface area contributed by atoms with Crippen molar-refractivity contribution in [2.24, 2.45) is 12.5 Å². The lowest BCUT2D eigenvalue weighted by Gasteiger charge is -2.18. The second-order valence-corrected chi connectivity index (χ2v) is 7.32. The second kappa shape index (κ2) is 7.75. The van der Waals surface area contributed by atoms with Crippen molar-refractivity contribution in [1.82, 2.24) is 9.78 Å². The molecule has 0 atom stereocenters. The van der Waals surface area contributed by atoms with E-state index in [0.717, 1.165) is 29.1 Å². The third-order valence-electron chi connectivity index (χ3n) is 4.57. The maximum Gasteiger partial charge on any atom is 0.350 e. The Balaban J connectivity index is 2.44. The first kappa shape index (κ1) is 19.1. The number of rotatable bonds is 5. The van der Waals surface area contributed by atoms with Gasteiger partial charge in [-0.1, -0.05) is 25.7 Å². The quantitative estimate of drug-likeness (QED) is 0.592. The third-order valence-corrected chi connectivity index (χ3v) is 5.59. The van der Waals surface area contributed by atoms with Crippen molar-refractivity contribution < 1.29 is 9.53 Å². The highest BCUT2D eigenvalue weighted by atomic mass is 32.1. The van der Waals surface area contributed by atoms with Crippen LogP contribution in [0.4, 0.5) is 11.4 Å². The van der Waals surface area contributed by atoms with Crippen molar-refractivity contribution in [3.63, 3.8) is 0 Å².